The Morgan fingerprint density at radius 2 is 1.46 bits per heavy atom. The lowest BCUT2D eigenvalue weighted by atomic mass is 9.93. The maximum absolute atomic E-state index is 13.8. The van der Waals surface area contributed by atoms with Gasteiger partial charge < -0.3 is 25.4 Å². The molecule has 0 saturated heterocycles. The van der Waals surface area contributed by atoms with Gasteiger partial charge in [-0.3, -0.25) is 9.59 Å². The van der Waals surface area contributed by atoms with Crippen molar-refractivity contribution in [3.63, 3.8) is 0 Å². The Morgan fingerprint density at radius 1 is 0.943 bits per heavy atom. The number of aliphatic hydroxyl groups is 1. The Bertz CT molecular complexity index is 1030. The Kier molecular flexibility index (Phi) is 9.42. The zero-order valence-corrected chi connectivity index (χ0v) is 21.7. The van der Waals surface area contributed by atoms with Crippen molar-refractivity contribution in [1.82, 2.24) is 10.2 Å². The molecule has 0 aliphatic heterocycles. The van der Waals surface area contributed by atoms with Gasteiger partial charge in [-0.2, -0.15) is 0 Å². The maximum atomic E-state index is 13.8. The fourth-order valence-electron chi connectivity index (χ4n) is 3.96. The number of amides is 3. The molecule has 0 aliphatic carbocycles. The molecule has 2 aromatic rings. The number of hydrogen-bond donors (Lipinski definition) is 3. The summed E-state index contributed by atoms with van der Waals surface area (Å²) in [6, 6.07) is 10.3. The summed E-state index contributed by atoms with van der Waals surface area (Å²) < 4.78 is 5.21. The summed E-state index contributed by atoms with van der Waals surface area (Å²) in [6.07, 6.45) is -0.738. The highest BCUT2D eigenvalue weighted by Crippen LogP contribution is 2.30. The van der Waals surface area contributed by atoms with Gasteiger partial charge in [0.25, 0.3) is 5.91 Å². The smallest absolute Gasteiger partial charge is 0.408 e. The molecule has 8 nitrogen and oxygen atoms in total. The van der Waals surface area contributed by atoms with Gasteiger partial charge in [-0.15, -0.1) is 0 Å². The van der Waals surface area contributed by atoms with Crippen LogP contribution in [0.3, 0.4) is 0 Å². The summed E-state index contributed by atoms with van der Waals surface area (Å²) >= 11 is 0. The number of hydrogen-bond acceptors (Lipinski definition) is 5. The maximum Gasteiger partial charge on any atom is 0.408 e. The highest BCUT2D eigenvalue weighted by molar-refractivity contribution is 5.99. The first-order chi connectivity index (χ1) is 16.4. The van der Waals surface area contributed by atoms with Gasteiger partial charge in [0.05, 0.1) is 6.61 Å². The van der Waals surface area contributed by atoms with E-state index in [1.807, 2.05) is 64.1 Å². The molecular formula is C27H37N3O5. The van der Waals surface area contributed by atoms with Gasteiger partial charge in [-0.25, -0.2) is 4.79 Å². The first-order valence-electron chi connectivity index (χ1n) is 11.7. The summed E-state index contributed by atoms with van der Waals surface area (Å²) in [5, 5.41) is 15.2. The second-order valence-electron chi connectivity index (χ2n) is 9.63. The molecule has 0 fully saturated rings. The van der Waals surface area contributed by atoms with Crippen LogP contribution in [0.5, 0.6) is 0 Å². The van der Waals surface area contributed by atoms with Crippen LogP contribution >= 0.6 is 0 Å². The number of benzene rings is 2. The van der Waals surface area contributed by atoms with Crippen molar-refractivity contribution in [2.45, 2.75) is 60.1 Å². The van der Waals surface area contributed by atoms with Crippen LogP contribution < -0.4 is 10.6 Å². The minimum absolute atomic E-state index is 0.0898. The monoisotopic (exact) mass is 483 g/mol. The van der Waals surface area contributed by atoms with E-state index >= 15 is 0 Å². The van der Waals surface area contributed by atoms with Gasteiger partial charge >= 0.3 is 6.09 Å². The summed E-state index contributed by atoms with van der Waals surface area (Å²) in [5.74, 6) is -0.923. The van der Waals surface area contributed by atoms with Crippen LogP contribution in [-0.2, 0) is 14.3 Å². The number of para-hydroxylation sites is 1. The molecule has 0 aliphatic rings. The van der Waals surface area contributed by atoms with Crippen LogP contribution in [0.2, 0.25) is 0 Å². The van der Waals surface area contributed by atoms with Crippen molar-refractivity contribution in [3.8, 4) is 0 Å². The van der Waals surface area contributed by atoms with Gasteiger partial charge in [0.1, 0.15) is 18.2 Å². The molecule has 1 atom stereocenters. The molecule has 8 heteroatoms. The average molecular weight is 484 g/mol. The van der Waals surface area contributed by atoms with Crippen LogP contribution in [0.4, 0.5) is 10.5 Å². The highest BCUT2D eigenvalue weighted by Gasteiger charge is 2.34. The number of aryl methyl sites for hydroxylation is 4. The molecule has 0 radical (unpaired) electrons. The third kappa shape index (κ3) is 7.55. The molecule has 2 rings (SSSR count). The van der Waals surface area contributed by atoms with Gasteiger partial charge in [-0.05, 0) is 76.3 Å². The molecule has 2 aromatic carbocycles. The second-order valence-corrected chi connectivity index (χ2v) is 9.63. The van der Waals surface area contributed by atoms with E-state index < -0.39 is 29.6 Å². The van der Waals surface area contributed by atoms with Gasteiger partial charge in [0.15, 0.2) is 0 Å². The molecule has 0 bridgehead atoms. The number of nitrogens with one attached hydrogen (secondary N) is 2. The first-order valence-corrected chi connectivity index (χ1v) is 11.7. The zero-order chi connectivity index (χ0) is 26.3. The highest BCUT2D eigenvalue weighted by atomic mass is 16.6. The van der Waals surface area contributed by atoms with E-state index in [4.69, 9.17) is 4.74 Å². The lowest BCUT2D eigenvalue weighted by Gasteiger charge is -2.33. The Balaban J connectivity index is 2.45. The van der Waals surface area contributed by atoms with Crippen molar-refractivity contribution in [1.29, 1.82) is 0 Å². The molecule has 3 N–H and O–H groups in total. The molecule has 190 valence electrons. The Hall–Kier alpha value is -3.39. The van der Waals surface area contributed by atoms with E-state index in [0.717, 1.165) is 22.3 Å². The Morgan fingerprint density at radius 3 is 1.94 bits per heavy atom. The molecule has 0 saturated carbocycles. The van der Waals surface area contributed by atoms with Gasteiger partial charge in [-0.1, -0.05) is 36.4 Å². The van der Waals surface area contributed by atoms with Gasteiger partial charge in [0.2, 0.25) is 5.91 Å². The van der Waals surface area contributed by atoms with Crippen LogP contribution in [0, 0.1) is 27.7 Å². The quantitative estimate of drug-likeness (QED) is 0.527. The first kappa shape index (κ1) is 27.9. The van der Waals surface area contributed by atoms with Gasteiger partial charge in [0, 0.05) is 12.2 Å². The second kappa shape index (κ2) is 11.8. The number of rotatable bonds is 8. The zero-order valence-electron chi connectivity index (χ0n) is 21.7. The number of ether oxygens (including phenoxy) is 1. The van der Waals surface area contributed by atoms with Crippen LogP contribution in [0.15, 0.2) is 36.4 Å². The van der Waals surface area contributed by atoms with Crippen molar-refractivity contribution in [3.05, 3.63) is 64.2 Å². The number of nitrogens with zero attached hydrogens (tertiary/aromatic N) is 1. The van der Waals surface area contributed by atoms with E-state index in [-0.39, 0.29) is 19.7 Å². The minimum Gasteiger partial charge on any atom is -0.444 e. The molecule has 1 unspecified atom stereocenters. The van der Waals surface area contributed by atoms with E-state index in [0.29, 0.717) is 11.3 Å². The molecule has 0 spiro atoms. The number of carbonyl (C=O) groups excluding carboxylic acids is 3. The number of aliphatic hydroxyl groups excluding tert-OH is 1. The predicted octanol–water partition coefficient (Wildman–Crippen LogP) is 3.95. The number of carbonyl (C=O) groups is 3. The van der Waals surface area contributed by atoms with Crippen molar-refractivity contribution < 1.29 is 24.2 Å². The van der Waals surface area contributed by atoms with Crippen LogP contribution in [0.1, 0.15) is 54.6 Å². The summed E-state index contributed by atoms with van der Waals surface area (Å²) in [5.41, 5.74) is 4.09. The van der Waals surface area contributed by atoms with E-state index in [2.05, 4.69) is 10.6 Å². The van der Waals surface area contributed by atoms with Crippen molar-refractivity contribution in [2.24, 2.45) is 0 Å². The summed E-state index contributed by atoms with van der Waals surface area (Å²) in [4.78, 5) is 40.5. The number of alkyl carbamates (subject to hydrolysis) is 1. The number of anilines is 1. The van der Waals surface area contributed by atoms with Crippen molar-refractivity contribution in [2.75, 3.05) is 25.0 Å². The normalized spacial score (nSPS) is 12.0. The molecule has 35 heavy (non-hydrogen) atoms. The van der Waals surface area contributed by atoms with E-state index in [1.165, 1.54) is 4.90 Å². The minimum atomic E-state index is -1.02. The van der Waals surface area contributed by atoms with E-state index in [9.17, 15) is 19.5 Å². The largest absolute Gasteiger partial charge is 0.444 e. The molecule has 0 aromatic heterocycles. The molecule has 3 amide bonds. The lowest BCUT2D eigenvalue weighted by Crippen LogP contribution is -2.48. The Labute approximate surface area is 207 Å². The topological polar surface area (TPSA) is 108 Å². The predicted molar refractivity (Wildman–Crippen MR) is 136 cm³/mol. The van der Waals surface area contributed by atoms with Crippen LogP contribution in [-0.4, -0.2) is 53.2 Å². The molecule has 0 heterocycles. The van der Waals surface area contributed by atoms with Crippen molar-refractivity contribution >= 4 is 23.6 Å². The third-order valence-corrected chi connectivity index (χ3v) is 5.55. The standard InChI is InChI=1S/C27H37N3O5/c1-17-10-8-11-18(2)22(17)24(25(33)29-23-19(3)12-9-13-20(23)4)30(14-15-31)21(32)16-28-26(34)35-27(5,6)7/h8-13,24,31H,14-16H2,1-7H3,(H,28,34)(H,29,33). The summed E-state index contributed by atoms with van der Waals surface area (Å²) in [7, 11) is 0. The lowest BCUT2D eigenvalue weighted by molar-refractivity contribution is -0.138. The fraction of sp³-hybridized carbons (Fsp3) is 0.444. The molecular weight excluding hydrogens is 446 g/mol. The summed E-state index contributed by atoms with van der Waals surface area (Å²) in [6.45, 7) is 11.9. The SMILES string of the molecule is Cc1cccc(C)c1NC(=O)C(c1c(C)cccc1C)N(CCO)C(=O)CNC(=O)OC(C)(C)C. The average Bonchev–Trinajstić information content (AvgIpc) is 2.75. The fourth-order valence-corrected chi connectivity index (χ4v) is 3.96. The van der Waals surface area contributed by atoms with E-state index in [1.54, 1.807) is 20.8 Å². The third-order valence-electron chi connectivity index (χ3n) is 5.55. The van der Waals surface area contributed by atoms with Crippen LogP contribution in [0.25, 0.3) is 0 Å².